The second-order valence-corrected chi connectivity index (χ2v) is 9.56. The Hall–Kier alpha value is -4.97. The lowest BCUT2D eigenvalue weighted by Crippen LogP contribution is -2.14. The van der Waals surface area contributed by atoms with E-state index in [2.05, 4.69) is 15.4 Å². The number of halogens is 2. The molecule has 0 bridgehead atoms. The average Bonchev–Trinajstić information content (AvgIpc) is 3.64. The first-order valence-corrected chi connectivity index (χ1v) is 12.7. The van der Waals surface area contributed by atoms with Crippen LogP contribution in [0.4, 0.5) is 14.5 Å². The van der Waals surface area contributed by atoms with Crippen molar-refractivity contribution >= 4 is 38.9 Å². The smallest absolute Gasteiger partial charge is 0.294 e. The Kier molecular flexibility index (Phi) is 6.52. The van der Waals surface area contributed by atoms with Crippen LogP contribution in [0.3, 0.4) is 0 Å². The Morgan fingerprint density at radius 2 is 1.95 bits per heavy atom. The predicted octanol–water partition coefficient (Wildman–Crippen LogP) is 6.33. The molecule has 1 N–H and O–H groups in total. The number of amides is 1. The number of anilines is 1. The Bertz CT molecular complexity index is 1850. The third-order valence-electron chi connectivity index (χ3n) is 6.02. The minimum absolute atomic E-state index is 0.154. The van der Waals surface area contributed by atoms with E-state index in [4.69, 9.17) is 18.6 Å². The van der Waals surface area contributed by atoms with E-state index in [9.17, 15) is 13.6 Å². The Morgan fingerprint density at radius 1 is 1.07 bits per heavy atom. The van der Waals surface area contributed by atoms with Crippen molar-refractivity contribution in [2.75, 3.05) is 19.5 Å². The summed E-state index contributed by atoms with van der Waals surface area (Å²) in [6.45, 7) is 0.154. The number of hydrogen-bond acceptors (Lipinski definition) is 8. The molecule has 3 aromatic heterocycles. The topological polar surface area (TPSA) is 100 Å². The molecule has 0 saturated carbocycles. The SMILES string of the molecule is COc1cc(OCc2cccc(NC(=O)c3ccc(F)cc3F)c2)c2cc(-c3cn4nc(OC)sc4n3)oc2c1. The highest BCUT2D eigenvalue weighted by Crippen LogP contribution is 2.37. The van der Waals surface area contributed by atoms with Crippen LogP contribution in [-0.4, -0.2) is 34.7 Å². The number of benzene rings is 3. The zero-order valence-electron chi connectivity index (χ0n) is 21.1. The summed E-state index contributed by atoms with van der Waals surface area (Å²) in [5.41, 5.74) is 2.06. The third kappa shape index (κ3) is 4.92. The van der Waals surface area contributed by atoms with Crippen LogP contribution in [0.5, 0.6) is 16.7 Å². The van der Waals surface area contributed by atoms with Crippen molar-refractivity contribution in [3.63, 3.8) is 0 Å². The monoisotopic (exact) mass is 562 g/mol. The van der Waals surface area contributed by atoms with E-state index < -0.39 is 17.5 Å². The number of carbonyl (C=O) groups excluding carboxylic acids is 1. The van der Waals surface area contributed by atoms with Crippen molar-refractivity contribution in [1.82, 2.24) is 14.6 Å². The van der Waals surface area contributed by atoms with Gasteiger partial charge in [0.15, 0.2) is 5.76 Å². The minimum Gasteiger partial charge on any atom is -0.496 e. The van der Waals surface area contributed by atoms with Crippen LogP contribution >= 0.6 is 11.3 Å². The zero-order valence-corrected chi connectivity index (χ0v) is 21.9. The Balaban J connectivity index is 1.23. The lowest BCUT2D eigenvalue weighted by Gasteiger charge is -2.11. The molecule has 202 valence electrons. The van der Waals surface area contributed by atoms with Gasteiger partial charge in [-0.2, -0.15) is 0 Å². The number of hydrogen-bond donors (Lipinski definition) is 1. The van der Waals surface area contributed by atoms with Gasteiger partial charge in [0.25, 0.3) is 11.1 Å². The number of furan rings is 1. The normalized spacial score (nSPS) is 11.2. The maximum atomic E-state index is 14.0. The fourth-order valence-electron chi connectivity index (χ4n) is 4.10. The number of rotatable bonds is 8. The van der Waals surface area contributed by atoms with Gasteiger partial charge in [0.1, 0.15) is 41.0 Å². The van der Waals surface area contributed by atoms with Gasteiger partial charge in [0.05, 0.1) is 31.4 Å². The second kappa shape index (κ2) is 10.3. The van der Waals surface area contributed by atoms with E-state index in [1.165, 1.54) is 11.3 Å². The molecule has 0 aliphatic heterocycles. The molecule has 0 unspecified atom stereocenters. The van der Waals surface area contributed by atoms with Crippen molar-refractivity contribution in [3.05, 3.63) is 89.6 Å². The van der Waals surface area contributed by atoms with Gasteiger partial charge >= 0.3 is 0 Å². The van der Waals surface area contributed by atoms with Crippen molar-refractivity contribution in [1.29, 1.82) is 0 Å². The summed E-state index contributed by atoms with van der Waals surface area (Å²) in [5, 5.41) is 8.14. The molecule has 40 heavy (non-hydrogen) atoms. The summed E-state index contributed by atoms with van der Waals surface area (Å²) in [4.78, 5) is 17.7. The average molecular weight is 563 g/mol. The number of aromatic nitrogens is 3. The molecular weight excluding hydrogens is 542 g/mol. The van der Waals surface area contributed by atoms with Gasteiger partial charge < -0.3 is 23.9 Å². The first-order chi connectivity index (χ1) is 19.4. The first kappa shape index (κ1) is 25.3. The van der Waals surface area contributed by atoms with Crippen molar-refractivity contribution in [2.45, 2.75) is 6.61 Å². The summed E-state index contributed by atoms with van der Waals surface area (Å²) in [5.74, 6) is -0.792. The van der Waals surface area contributed by atoms with Crippen molar-refractivity contribution < 1.29 is 32.2 Å². The van der Waals surface area contributed by atoms with Crippen molar-refractivity contribution in [2.24, 2.45) is 0 Å². The van der Waals surface area contributed by atoms with Gasteiger partial charge in [-0.05, 0) is 47.2 Å². The van der Waals surface area contributed by atoms with Crippen LogP contribution in [0, 0.1) is 11.6 Å². The second-order valence-electron chi connectivity index (χ2n) is 8.64. The van der Waals surface area contributed by atoms with Crippen LogP contribution < -0.4 is 19.5 Å². The Morgan fingerprint density at radius 3 is 2.73 bits per heavy atom. The molecule has 0 spiro atoms. The highest BCUT2D eigenvalue weighted by molar-refractivity contribution is 7.18. The highest BCUT2D eigenvalue weighted by Gasteiger charge is 2.18. The van der Waals surface area contributed by atoms with Crippen LogP contribution in [0.2, 0.25) is 0 Å². The summed E-state index contributed by atoms with van der Waals surface area (Å²) in [6.07, 6.45) is 1.75. The maximum Gasteiger partial charge on any atom is 0.294 e. The van der Waals surface area contributed by atoms with Crippen LogP contribution in [0.1, 0.15) is 15.9 Å². The molecule has 0 radical (unpaired) electrons. The standard InChI is InChI=1S/C28H20F2N4O5S/c1-36-18-10-23(20-12-25(39-24(20)11-18)22-13-34-27(32-22)40-28(33-34)37-2)38-14-15-4-3-5-17(8-15)31-26(35)19-7-6-16(29)9-21(19)30/h3-13H,14H2,1-2H3,(H,31,35). The number of imidazole rings is 1. The highest BCUT2D eigenvalue weighted by atomic mass is 32.1. The van der Waals surface area contributed by atoms with Gasteiger partial charge in [-0.25, -0.2) is 18.3 Å². The number of nitrogens with zero attached hydrogens (tertiary/aromatic N) is 3. The molecule has 0 aliphatic carbocycles. The van der Waals surface area contributed by atoms with E-state index in [-0.39, 0.29) is 12.2 Å². The minimum atomic E-state index is -0.940. The van der Waals surface area contributed by atoms with E-state index in [0.29, 0.717) is 55.8 Å². The van der Waals surface area contributed by atoms with Gasteiger partial charge in [0.2, 0.25) is 4.96 Å². The number of carbonyl (C=O) groups is 1. The van der Waals surface area contributed by atoms with E-state index >= 15 is 0 Å². The van der Waals surface area contributed by atoms with Crippen LogP contribution in [0.15, 0.2) is 71.3 Å². The van der Waals surface area contributed by atoms with Crippen molar-refractivity contribution in [3.8, 4) is 28.1 Å². The van der Waals surface area contributed by atoms with E-state index in [0.717, 1.165) is 17.7 Å². The molecule has 0 aliphatic rings. The number of methoxy groups -OCH3 is 2. The Labute approximate surface area is 229 Å². The summed E-state index contributed by atoms with van der Waals surface area (Å²) in [6, 6.07) is 15.1. The van der Waals surface area contributed by atoms with Crippen LogP contribution in [-0.2, 0) is 6.61 Å². The molecule has 3 heterocycles. The van der Waals surface area contributed by atoms with Gasteiger partial charge in [0, 0.05) is 23.9 Å². The van der Waals surface area contributed by atoms with Gasteiger partial charge in [-0.1, -0.05) is 12.1 Å². The molecule has 0 atom stereocenters. The first-order valence-electron chi connectivity index (χ1n) is 11.9. The summed E-state index contributed by atoms with van der Waals surface area (Å²) >= 11 is 1.31. The number of nitrogens with one attached hydrogen (secondary N) is 1. The molecule has 6 aromatic rings. The largest absolute Gasteiger partial charge is 0.496 e. The number of ether oxygens (including phenoxy) is 3. The molecule has 12 heteroatoms. The summed E-state index contributed by atoms with van der Waals surface area (Å²) in [7, 11) is 3.10. The number of fused-ring (bicyclic) bond motifs is 2. The predicted molar refractivity (Wildman–Crippen MR) is 144 cm³/mol. The lowest BCUT2D eigenvalue weighted by atomic mass is 10.1. The molecule has 0 fully saturated rings. The van der Waals surface area contributed by atoms with E-state index in [1.54, 1.807) is 55.3 Å². The quantitative estimate of drug-likeness (QED) is 0.231. The third-order valence-corrected chi connectivity index (χ3v) is 6.90. The fourth-order valence-corrected chi connectivity index (χ4v) is 4.80. The zero-order chi connectivity index (χ0) is 27.8. The van der Waals surface area contributed by atoms with Crippen LogP contribution in [0.25, 0.3) is 27.4 Å². The van der Waals surface area contributed by atoms with Gasteiger partial charge in [-0.15, -0.1) is 5.10 Å². The molecule has 6 rings (SSSR count). The molecule has 0 saturated heterocycles. The maximum absolute atomic E-state index is 14.0. The molecular formula is C28H20F2N4O5S. The summed E-state index contributed by atoms with van der Waals surface area (Å²) < 4.78 is 51.6. The fraction of sp³-hybridized carbons (Fsp3) is 0.107. The molecule has 3 aromatic carbocycles. The molecule has 9 nitrogen and oxygen atoms in total. The molecule has 1 amide bonds. The van der Waals surface area contributed by atoms with E-state index in [1.807, 2.05) is 12.1 Å². The lowest BCUT2D eigenvalue weighted by molar-refractivity contribution is 0.102. The van der Waals surface area contributed by atoms with Gasteiger partial charge in [-0.3, -0.25) is 4.79 Å².